The molecule has 0 atom stereocenters. The molecule has 0 amide bonds. The van der Waals surface area contributed by atoms with Crippen LogP contribution in [0.15, 0.2) is 66.0 Å². The van der Waals surface area contributed by atoms with Gasteiger partial charge in [-0.15, -0.1) is 11.8 Å². The summed E-state index contributed by atoms with van der Waals surface area (Å²) in [6, 6.07) is 11.9. The second-order valence-electron chi connectivity index (χ2n) is 6.78. The van der Waals surface area contributed by atoms with E-state index in [1.54, 1.807) is 11.8 Å². The highest BCUT2D eigenvalue weighted by molar-refractivity contribution is 7.98. The average Bonchev–Trinajstić information content (AvgIpc) is 2.73. The highest BCUT2D eigenvalue weighted by Crippen LogP contribution is 2.23. The Balaban J connectivity index is 1.71. The van der Waals surface area contributed by atoms with Crippen LogP contribution in [0.3, 0.4) is 0 Å². The van der Waals surface area contributed by atoms with Crippen molar-refractivity contribution in [3.63, 3.8) is 0 Å². The topological polar surface area (TPSA) is 37.2 Å². The molecule has 0 aliphatic carbocycles. The Morgan fingerprint density at radius 2 is 1.83 bits per heavy atom. The van der Waals surface area contributed by atoms with Gasteiger partial charge in [-0.3, -0.25) is 5.43 Å². The van der Waals surface area contributed by atoms with E-state index >= 15 is 0 Å². The van der Waals surface area contributed by atoms with Crippen molar-refractivity contribution >= 4 is 17.4 Å². The summed E-state index contributed by atoms with van der Waals surface area (Å²) in [5.74, 6) is 0.895. The third kappa shape index (κ3) is 10.3. The second kappa shape index (κ2) is 14.0. The van der Waals surface area contributed by atoms with E-state index in [2.05, 4.69) is 51.9 Å². The van der Waals surface area contributed by atoms with Gasteiger partial charge in [0, 0.05) is 28.7 Å². The van der Waals surface area contributed by atoms with Crippen LogP contribution in [0.25, 0.3) is 0 Å². The van der Waals surface area contributed by atoms with E-state index in [4.69, 9.17) is 0 Å². The van der Waals surface area contributed by atoms with E-state index in [9.17, 15) is 8.78 Å². The Labute approximate surface area is 176 Å². The van der Waals surface area contributed by atoms with Crippen LogP contribution in [0.5, 0.6) is 0 Å². The number of aromatic nitrogens is 1. The van der Waals surface area contributed by atoms with Crippen molar-refractivity contribution in [2.24, 2.45) is 0 Å². The van der Waals surface area contributed by atoms with E-state index in [1.807, 2.05) is 24.3 Å². The summed E-state index contributed by atoms with van der Waals surface area (Å²) in [5, 5.41) is 0. The number of nitrogens with one attached hydrogen (secondary N) is 2. The Hall–Kier alpha value is -2.12. The zero-order valence-corrected chi connectivity index (χ0v) is 17.7. The number of benzene rings is 1. The fourth-order valence-corrected chi connectivity index (χ4v) is 3.67. The third-order valence-corrected chi connectivity index (χ3v) is 5.43. The molecule has 7 heteroatoms. The van der Waals surface area contributed by atoms with Gasteiger partial charge in [-0.1, -0.05) is 38.2 Å². The van der Waals surface area contributed by atoms with E-state index in [1.165, 1.54) is 44.1 Å². The normalized spacial score (nSPS) is 10.6. The largest absolute Gasteiger partial charge is 0.391 e. The number of hydrogen-bond donors (Lipinski definition) is 2. The minimum Gasteiger partial charge on any atom is -0.391 e. The quantitative estimate of drug-likeness (QED) is 0.125. The number of halogens is 2. The maximum absolute atomic E-state index is 11.8. The maximum atomic E-state index is 11.8. The molecular formula is C22H30F2N3OS+. The van der Waals surface area contributed by atoms with Crippen molar-refractivity contribution in [3.8, 4) is 0 Å². The number of anilines is 1. The van der Waals surface area contributed by atoms with Gasteiger partial charge < -0.3 is 4.84 Å². The molecule has 2 aromatic rings. The lowest BCUT2D eigenvalue weighted by Gasteiger charge is -2.07. The van der Waals surface area contributed by atoms with Gasteiger partial charge in [0.1, 0.15) is 6.54 Å². The van der Waals surface area contributed by atoms with Crippen molar-refractivity contribution in [1.82, 2.24) is 5.59 Å². The van der Waals surface area contributed by atoms with Gasteiger partial charge in [0.15, 0.2) is 18.7 Å². The van der Waals surface area contributed by atoms with Crippen molar-refractivity contribution in [3.05, 3.63) is 66.7 Å². The lowest BCUT2D eigenvalue weighted by molar-refractivity contribution is -0.697. The van der Waals surface area contributed by atoms with Gasteiger partial charge in [-0.25, -0.2) is 4.57 Å². The number of unbranched alkanes of at least 4 members (excludes halogenated alkanes) is 5. The Morgan fingerprint density at radius 1 is 1.07 bits per heavy atom. The van der Waals surface area contributed by atoms with Crippen molar-refractivity contribution in [2.75, 3.05) is 5.43 Å². The van der Waals surface area contributed by atoms with E-state index in [0.29, 0.717) is 6.26 Å². The van der Waals surface area contributed by atoms with Crippen LogP contribution in [-0.4, -0.2) is 0 Å². The van der Waals surface area contributed by atoms with E-state index in [0.717, 1.165) is 22.9 Å². The summed E-state index contributed by atoms with van der Waals surface area (Å²) in [4.78, 5) is 5.55. The molecule has 0 unspecified atom stereocenters. The van der Waals surface area contributed by atoms with E-state index in [-0.39, 0.29) is 0 Å². The molecule has 2 N–H and O–H groups in total. The molecule has 2 rings (SSSR count). The number of aryl methyl sites for hydroxylation is 1. The molecule has 4 nitrogen and oxygen atoms in total. The highest BCUT2D eigenvalue weighted by atomic mass is 32.2. The second-order valence-corrected chi connectivity index (χ2v) is 7.83. The zero-order chi connectivity index (χ0) is 20.7. The lowest BCUT2D eigenvalue weighted by atomic mass is 10.1. The van der Waals surface area contributed by atoms with Crippen LogP contribution < -0.4 is 15.6 Å². The van der Waals surface area contributed by atoms with Gasteiger partial charge >= 0.3 is 6.08 Å². The minimum atomic E-state index is -1.90. The van der Waals surface area contributed by atoms with Gasteiger partial charge in [0.25, 0.3) is 0 Å². The van der Waals surface area contributed by atoms with Crippen LogP contribution in [-0.2, 0) is 17.1 Å². The zero-order valence-electron chi connectivity index (χ0n) is 16.9. The minimum absolute atomic E-state index is 0.329. The summed E-state index contributed by atoms with van der Waals surface area (Å²) in [6.07, 6.45) is 10.6. The molecule has 158 valence electrons. The first-order chi connectivity index (χ1) is 14.2. The Bertz CT molecular complexity index is 737. The summed E-state index contributed by atoms with van der Waals surface area (Å²) in [6.45, 7) is 3.32. The smallest absolute Gasteiger partial charge is 0.307 e. The van der Waals surface area contributed by atoms with Gasteiger partial charge in [-0.2, -0.15) is 8.78 Å². The van der Waals surface area contributed by atoms with Gasteiger partial charge in [-0.05, 0) is 36.8 Å². The Kier molecular flexibility index (Phi) is 11.1. The first-order valence-corrected chi connectivity index (χ1v) is 11.0. The van der Waals surface area contributed by atoms with Crippen LogP contribution in [0.1, 0.15) is 51.0 Å². The van der Waals surface area contributed by atoms with Crippen molar-refractivity contribution < 1.29 is 18.2 Å². The molecule has 0 saturated carbocycles. The molecular weight excluding hydrogens is 392 g/mol. The predicted octanol–water partition coefficient (Wildman–Crippen LogP) is 6.21. The predicted molar refractivity (Wildman–Crippen MR) is 114 cm³/mol. The SMILES string of the molecule is CCCCCCCC[n+]1cccc(CSc2ccc(NNOC=C(F)F)cc2)c1. The molecule has 0 radical (unpaired) electrons. The molecule has 0 spiro atoms. The molecule has 1 aromatic carbocycles. The van der Waals surface area contributed by atoms with Gasteiger partial charge in [0.2, 0.25) is 0 Å². The molecule has 0 bridgehead atoms. The number of rotatable bonds is 14. The van der Waals surface area contributed by atoms with Gasteiger partial charge in [0.05, 0.1) is 5.69 Å². The molecule has 29 heavy (non-hydrogen) atoms. The molecule has 0 aliphatic rings. The first-order valence-electron chi connectivity index (χ1n) is 10.1. The van der Waals surface area contributed by atoms with Crippen molar-refractivity contribution in [2.45, 2.75) is 62.6 Å². The molecule has 0 aliphatic heterocycles. The summed E-state index contributed by atoms with van der Waals surface area (Å²) in [7, 11) is 0. The number of hydrogen-bond acceptors (Lipinski definition) is 4. The summed E-state index contributed by atoms with van der Waals surface area (Å²) < 4.78 is 26.0. The molecule has 0 fully saturated rings. The Morgan fingerprint density at radius 3 is 2.59 bits per heavy atom. The van der Waals surface area contributed by atoms with Crippen LogP contribution >= 0.6 is 11.8 Å². The number of hydrazine groups is 1. The number of thioether (sulfide) groups is 1. The average molecular weight is 423 g/mol. The summed E-state index contributed by atoms with van der Waals surface area (Å²) in [5.41, 5.74) is 6.93. The molecule has 0 saturated heterocycles. The maximum Gasteiger partial charge on any atom is 0.307 e. The fourth-order valence-electron chi connectivity index (χ4n) is 2.84. The van der Waals surface area contributed by atoms with Crippen molar-refractivity contribution in [1.29, 1.82) is 0 Å². The standard InChI is InChI=1S/C22H30F2N3OS/c1-2-3-4-5-6-7-14-27-15-8-9-19(16-27)18-29-21-12-10-20(11-13-21)25-26-28-17-22(23)24/h8-13,15-17,25-26H,2-7,14,18H2,1H3/q+1. The first kappa shape index (κ1) is 23.2. The molecule has 1 heterocycles. The number of nitrogens with zero attached hydrogens (tertiary/aromatic N) is 1. The van der Waals surface area contributed by atoms with Crippen LogP contribution in [0, 0.1) is 0 Å². The highest BCUT2D eigenvalue weighted by Gasteiger charge is 2.04. The summed E-state index contributed by atoms with van der Waals surface area (Å²) >= 11 is 1.76. The number of pyridine rings is 1. The lowest BCUT2D eigenvalue weighted by Crippen LogP contribution is -2.33. The third-order valence-electron chi connectivity index (χ3n) is 4.35. The fraction of sp³-hybridized carbons (Fsp3) is 0.409. The molecule has 1 aromatic heterocycles. The monoisotopic (exact) mass is 422 g/mol. The van der Waals surface area contributed by atoms with E-state index < -0.39 is 6.08 Å². The van der Waals surface area contributed by atoms with Crippen LogP contribution in [0.4, 0.5) is 14.5 Å². The van der Waals surface area contributed by atoms with Crippen LogP contribution in [0.2, 0.25) is 0 Å².